The van der Waals surface area contributed by atoms with Crippen molar-refractivity contribution in [3.8, 4) is 5.75 Å². The van der Waals surface area contributed by atoms with Gasteiger partial charge in [-0.2, -0.15) is 5.10 Å². The molecule has 0 radical (unpaired) electrons. The predicted octanol–water partition coefficient (Wildman–Crippen LogP) is 3.50. The minimum atomic E-state index is -0.442. The molecule has 0 aromatic heterocycles. The molecule has 1 amide bonds. The normalized spacial score (nSPS) is 12.2. The lowest BCUT2D eigenvalue weighted by molar-refractivity contribution is -0.121. The van der Waals surface area contributed by atoms with Crippen molar-refractivity contribution in [3.63, 3.8) is 0 Å². The Labute approximate surface area is 146 Å². The number of anilines is 1. The maximum absolute atomic E-state index is 12.1. The summed E-state index contributed by atoms with van der Waals surface area (Å²) in [5.74, 6) is -0.0915. The molecular formula is C20H19N3O2. The number of nitrogens with one attached hydrogen (secondary N) is 2. The van der Waals surface area contributed by atoms with Gasteiger partial charge >= 0.3 is 0 Å². The van der Waals surface area contributed by atoms with Gasteiger partial charge in [-0.15, -0.1) is 0 Å². The largest absolute Gasteiger partial charge is 0.508 e. The van der Waals surface area contributed by atoms with E-state index in [1.54, 1.807) is 31.2 Å². The molecule has 25 heavy (non-hydrogen) atoms. The van der Waals surface area contributed by atoms with Gasteiger partial charge in [0, 0.05) is 5.69 Å². The number of nitrogens with zero attached hydrogens (tertiary/aromatic N) is 1. The highest BCUT2D eigenvalue weighted by molar-refractivity contribution is 5.89. The summed E-state index contributed by atoms with van der Waals surface area (Å²) in [6, 6.07) is 20.2. The van der Waals surface area contributed by atoms with Gasteiger partial charge in [0.2, 0.25) is 0 Å². The Morgan fingerprint density at radius 3 is 2.64 bits per heavy atom. The van der Waals surface area contributed by atoms with Crippen molar-refractivity contribution in [2.75, 3.05) is 5.32 Å². The first kappa shape index (κ1) is 16.5. The zero-order chi connectivity index (χ0) is 17.6. The second-order valence-corrected chi connectivity index (χ2v) is 5.76. The van der Waals surface area contributed by atoms with Crippen LogP contribution in [-0.4, -0.2) is 23.3 Å². The molecule has 3 aromatic carbocycles. The topological polar surface area (TPSA) is 73.7 Å². The van der Waals surface area contributed by atoms with Crippen molar-refractivity contribution in [3.05, 3.63) is 72.3 Å². The number of hydrogen-bond donors (Lipinski definition) is 3. The summed E-state index contributed by atoms with van der Waals surface area (Å²) in [5.41, 5.74) is 4.07. The van der Waals surface area contributed by atoms with Gasteiger partial charge in [0.1, 0.15) is 11.8 Å². The quantitative estimate of drug-likeness (QED) is 0.494. The molecule has 0 spiro atoms. The van der Waals surface area contributed by atoms with Crippen molar-refractivity contribution in [1.29, 1.82) is 0 Å². The molecule has 1 atom stereocenters. The number of benzene rings is 3. The van der Waals surface area contributed by atoms with E-state index in [1.807, 2.05) is 42.5 Å². The minimum Gasteiger partial charge on any atom is -0.508 e. The van der Waals surface area contributed by atoms with Crippen molar-refractivity contribution >= 4 is 28.6 Å². The van der Waals surface area contributed by atoms with Crippen LogP contribution in [0.5, 0.6) is 5.75 Å². The molecular weight excluding hydrogens is 314 g/mol. The molecule has 126 valence electrons. The Balaban J connectivity index is 1.59. The van der Waals surface area contributed by atoms with Crippen LogP contribution in [0.4, 0.5) is 5.69 Å². The van der Waals surface area contributed by atoms with Gasteiger partial charge in [-0.3, -0.25) is 4.79 Å². The molecule has 0 fully saturated rings. The predicted molar refractivity (Wildman–Crippen MR) is 101 cm³/mol. The van der Waals surface area contributed by atoms with Crippen LogP contribution >= 0.6 is 0 Å². The molecule has 0 heterocycles. The number of amides is 1. The van der Waals surface area contributed by atoms with Gasteiger partial charge < -0.3 is 10.4 Å². The van der Waals surface area contributed by atoms with Crippen LogP contribution in [0.25, 0.3) is 10.8 Å². The second kappa shape index (κ2) is 7.49. The molecule has 5 heteroatoms. The van der Waals surface area contributed by atoms with Gasteiger partial charge in [0.15, 0.2) is 0 Å². The lowest BCUT2D eigenvalue weighted by Gasteiger charge is -2.14. The highest BCUT2D eigenvalue weighted by Crippen LogP contribution is 2.19. The average Bonchev–Trinajstić information content (AvgIpc) is 2.61. The van der Waals surface area contributed by atoms with E-state index >= 15 is 0 Å². The van der Waals surface area contributed by atoms with E-state index in [0.717, 1.165) is 16.5 Å². The first-order valence-electron chi connectivity index (χ1n) is 7.99. The summed E-state index contributed by atoms with van der Waals surface area (Å²) in [6.45, 7) is 1.77. The van der Waals surface area contributed by atoms with Crippen LogP contribution in [0.15, 0.2) is 71.8 Å². The van der Waals surface area contributed by atoms with E-state index in [2.05, 4.69) is 15.8 Å². The van der Waals surface area contributed by atoms with E-state index in [-0.39, 0.29) is 11.7 Å². The number of aromatic hydroxyl groups is 1. The number of carbonyl (C=O) groups is 1. The molecule has 0 saturated heterocycles. The summed E-state index contributed by atoms with van der Waals surface area (Å²) in [4.78, 5) is 12.1. The van der Waals surface area contributed by atoms with E-state index < -0.39 is 6.04 Å². The first-order valence-corrected chi connectivity index (χ1v) is 7.99. The lowest BCUT2D eigenvalue weighted by Crippen LogP contribution is -2.34. The van der Waals surface area contributed by atoms with Crippen LogP contribution in [0.1, 0.15) is 12.5 Å². The Bertz CT molecular complexity index is 921. The van der Waals surface area contributed by atoms with Crippen molar-refractivity contribution in [2.45, 2.75) is 13.0 Å². The third kappa shape index (κ3) is 4.35. The number of phenolic OH excluding ortho intramolecular Hbond substituents is 1. The number of fused-ring (bicyclic) bond motifs is 1. The average molecular weight is 333 g/mol. The minimum absolute atomic E-state index is 0.154. The van der Waals surface area contributed by atoms with E-state index in [4.69, 9.17) is 0 Å². The molecule has 1 unspecified atom stereocenters. The molecule has 0 aliphatic rings. The smallest absolute Gasteiger partial charge is 0.262 e. The van der Waals surface area contributed by atoms with Gasteiger partial charge in [-0.25, -0.2) is 5.43 Å². The number of hydrazone groups is 1. The lowest BCUT2D eigenvalue weighted by atomic mass is 10.1. The Morgan fingerprint density at radius 2 is 1.84 bits per heavy atom. The van der Waals surface area contributed by atoms with Gasteiger partial charge in [-0.1, -0.05) is 42.5 Å². The van der Waals surface area contributed by atoms with Crippen molar-refractivity contribution in [1.82, 2.24) is 5.43 Å². The fraction of sp³-hybridized carbons (Fsp3) is 0.100. The van der Waals surface area contributed by atoms with E-state index in [1.165, 1.54) is 6.21 Å². The van der Waals surface area contributed by atoms with Crippen LogP contribution in [-0.2, 0) is 4.79 Å². The molecule has 0 aliphatic heterocycles. The van der Waals surface area contributed by atoms with Crippen LogP contribution in [0, 0.1) is 0 Å². The van der Waals surface area contributed by atoms with Crippen molar-refractivity contribution < 1.29 is 9.90 Å². The SMILES string of the molecule is CC(Nc1ccc2ccccc2c1)C(=O)NN=Cc1cccc(O)c1. The number of hydrogen-bond acceptors (Lipinski definition) is 4. The van der Waals surface area contributed by atoms with Gasteiger partial charge in [-0.05, 0) is 47.5 Å². The van der Waals surface area contributed by atoms with Gasteiger partial charge in [0.25, 0.3) is 5.91 Å². The van der Waals surface area contributed by atoms with Crippen LogP contribution < -0.4 is 10.7 Å². The Morgan fingerprint density at radius 1 is 1.04 bits per heavy atom. The highest BCUT2D eigenvalue weighted by Gasteiger charge is 2.11. The third-order valence-electron chi connectivity index (χ3n) is 3.78. The zero-order valence-corrected chi connectivity index (χ0v) is 13.8. The molecule has 5 nitrogen and oxygen atoms in total. The summed E-state index contributed by atoms with van der Waals surface area (Å²) in [5, 5.41) is 18.7. The number of rotatable bonds is 5. The number of carbonyl (C=O) groups excluding carboxylic acids is 1. The summed E-state index contributed by atoms with van der Waals surface area (Å²) in [7, 11) is 0. The standard InChI is InChI=1S/C20H19N3O2/c1-14(20(25)23-21-13-15-5-4-8-19(24)11-15)22-18-10-9-16-6-2-3-7-17(16)12-18/h2-14,22,24H,1H3,(H,23,25). The van der Waals surface area contributed by atoms with Crippen LogP contribution in [0.2, 0.25) is 0 Å². The Kier molecular flexibility index (Phi) is 4.95. The molecule has 0 bridgehead atoms. The summed E-state index contributed by atoms with van der Waals surface area (Å²) in [6.07, 6.45) is 1.49. The molecule has 0 saturated carbocycles. The van der Waals surface area contributed by atoms with Crippen LogP contribution in [0.3, 0.4) is 0 Å². The summed E-state index contributed by atoms with van der Waals surface area (Å²) < 4.78 is 0. The second-order valence-electron chi connectivity index (χ2n) is 5.76. The maximum atomic E-state index is 12.1. The molecule has 3 N–H and O–H groups in total. The van der Waals surface area contributed by atoms with E-state index in [0.29, 0.717) is 5.56 Å². The van der Waals surface area contributed by atoms with Gasteiger partial charge in [0.05, 0.1) is 6.21 Å². The third-order valence-corrected chi connectivity index (χ3v) is 3.78. The fourth-order valence-corrected chi connectivity index (χ4v) is 2.47. The number of phenols is 1. The van der Waals surface area contributed by atoms with E-state index in [9.17, 15) is 9.90 Å². The highest BCUT2D eigenvalue weighted by atomic mass is 16.3. The summed E-state index contributed by atoms with van der Waals surface area (Å²) >= 11 is 0. The Hall–Kier alpha value is -3.34. The maximum Gasteiger partial charge on any atom is 0.262 e. The zero-order valence-electron chi connectivity index (χ0n) is 13.8. The van der Waals surface area contributed by atoms with Crippen molar-refractivity contribution in [2.24, 2.45) is 5.10 Å². The fourth-order valence-electron chi connectivity index (χ4n) is 2.47. The molecule has 3 rings (SSSR count). The monoisotopic (exact) mass is 333 g/mol. The molecule has 0 aliphatic carbocycles. The first-order chi connectivity index (χ1) is 12.1. The molecule has 3 aromatic rings.